The fourth-order valence-corrected chi connectivity index (χ4v) is 4.20. The van der Waals surface area contributed by atoms with Gasteiger partial charge >= 0.3 is 7.82 Å². The molecule has 5 nitrogen and oxygen atoms in total. The molecule has 7 heteroatoms. The van der Waals surface area contributed by atoms with Crippen molar-refractivity contribution in [2.75, 3.05) is 18.1 Å². The lowest BCUT2D eigenvalue weighted by molar-refractivity contribution is 0.237. The molecule has 0 spiro atoms. The quantitative estimate of drug-likeness (QED) is 0.139. The minimum absolute atomic E-state index is 0.363. The lowest BCUT2D eigenvalue weighted by atomic mass is 10.0. The number of thioether (sulfide) groups is 1. The van der Waals surface area contributed by atoms with Crippen molar-refractivity contribution in [1.82, 2.24) is 0 Å². The Kier molecular flexibility index (Phi) is 25.9. The lowest BCUT2D eigenvalue weighted by Crippen LogP contribution is -2.07. The number of rotatable bonds is 19. The van der Waals surface area contributed by atoms with E-state index in [1.807, 2.05) is 11.8 Å². The maximum Gasteiger partial charge on any atom is 0.466 e. The summed E-state index contributed by atoms with van der Waals surface area (Å²) in [7, 11) is -4.64. The molecule has 0 aliphatic carbocycles. The Hall–Kier alpha value is 0.420. The maximum atomic E-state index is 9.14. The van der Waals surface area contributed by atoms with Gasteiger partial charge in [0.25, 0.3) is 0 Å². The molecule has 0 fully saturated rings. The second-order valence-corrected chi connectivity index (χ2v) is 9.82. The third-order valence-corrected chi connectivity index (χ3v) is 6.12. The van der Waals surface area contributed by atoms with Gasteiger partial charge in [-0.1, -0.05) is 104 Å². The van der Waals surface area contributed by atoms with Crippen LogP contribution in [0.4, 0.5) is 0 Å². The summed E-state index contributed by atoms with van der Waals surface area (Å²) in [6.07, 6.45) is 21.2. The average Bonchev–Trinajstić information content (AvgIpc) is 2.63. The van der Waals surface area contributed by atoms with E-state index >= 15 is 0 Å². The topological polar surface area (TPSA) is 98.0 Å². The molecular weight excluding hydrogens is 395 g/mol. The molecule has 0 bridgehead atoms. The number of aliphatic hydroxyl groups is 1. The van der Waals surface area contributed by atoms with E-state index in [9.17, 15) is 0 Å². The van der Waals surface area contributed by atoms with Crippen LogP contribution >= 0.6 is 19.6 Å². The van der Waals surface area contributed by atoms with Gasteiger partial charge in [-0.3, -0.25) is 0 Å². The molecule has 1 atom stereocenters. The van der Waals surface area contributed by atoms with Gasteiger partial charge in [-0.2, -0.15) is 11.8 Å². The van der Waals surface area contributed by atoms with Crippen molar-refractivity contribution in [3.05, 3.63) is 0 Å². The van der Waals surface area contributed by atoms with Gasteiger partial charge in [0.05, 0.1) is 0 Å². The fraction of sp³-hybridized carbons (Fsp3) is 1.00. The third-order valence-electron chi connectivity index (χ3n) is 4.83. The second-order valence-electron chi connectivity index (χ2n) is 7.64. The molecule has 1 unspecified atom stereocenters. The van der Waals surface area contributed by atoms with E-state index in [0.717, 1.165) is 12.2 Å². The minimum Gasteiger partial charge on any atom is -0.396 e. The summed E-state index contributed by atoms with van der Waals surface area (Å²) >= 11 is 2.03. The Bertz CT molecular complexity index is 326. The van der Waals surface area contributed by atoms with Gasteiger partial charge in [0, 0.05) is 6.61 Å². The van der Waals surface area contributed by atoms with Gasteiger partial charge in [-0.05, 0) is 23.8 Å². The zero-order chi connectivity index (χ0) is 21.5. The van der Waals surface area contributed by atoms with E-state index in [2.05, 4.69) is 13.8 Å². The molecule has 28 heavy (non-hydrogen) atoms. The molecule has 0 aliphatic heterocycles. The summed E-state index contributed by atoms with van der Waals surface area (Å²) in [5.41, 5.74) is 0. The molecule has 0 aromatic carbocycles. The molecule has 0 heterocycles. The molecule has 0 aliphatic rings. The summed E-state index contributed by atoms with van der Waals surface area (Å²) in [5, 5.41) is 9.14. The van der Waals surface area contributed by atoms with Crippen LogP contribution in [0.5, 0.6) is 0 Å². The van der Waals surface area contributed by atoms with Crippen molar-refractivity contribution in [2.24, 2.45) is 5.92 Å². The summed E-state index contributed by atoms with van der Waals surface area (Å²) in [6, 6.07) is 0. The minimum atomic E-state index is -4.64. The third kappa shape index (κ3) is 34.0. The van der Waals surface area contributed by atoms with Crippen molar-refractivity contribution in [1.29, 1.82) is 0 Å². The summed E-state index contributed by atoms with van der Waals surface area (Å²) < 4.78 is 8.88. The Balaban J connectivity index is 0. The van der Waals surface area contributed by atoms with E-state index < -0.39 is 7.82 Å². The highest BCUT2D eigenvalue weighted by atomic mass is 32.2. The Morgan fingerprint density at radius 3 is 1.39 bits per heavy atom. The maximum absolute atomic E-state index is 9.14. The number of hydrogen-bond donors (Lipinski definition) is 4. The van der Waals surface area contributed by atoms with E-state index in [1.54, 1.807) is 0 Å². The molecule has 0 saturated heterocycles. The summed E-state index contributed by atoms with van der Waals surface area (Å²) in [6.45, 7) is 4.83. The highest BCUT2D eigenvalue weighted by Gasteiger charge is 2.03. The Labute approximate surface area is 178 Å². The first-order valence-electron chi connectivity index (χ1n) is 11.3. The van der Waals surface area contributed by atoms with Crippen LogP contribution in [-0.4, -0.2) is 37.9 Å². The standard InChI is InChI=1S/C21H44OS.H3O4P/c1-3-5-6-7-8-9-10-11-12-13-14-15-16-17-18-23-20-21(4-2)19-22;1-5(2,3)4/h21-22H,3-20H2,1-2H3;(H3,1,2,3,4). The lowest BCUT2D eigenvalue weighted by Gasteiger charge is -2.10. The molecule has 0 saturated carbocycles. The van der Waals surface area contributed by atoms with Gasteiger partial charge in [0.1, 0.15) is 0 Å². The van der Waals surface area contributed by atoms with Crippen molar-refractivity contribution < 1.29 is 24.4 Å². The fourth-order valence-electron chi connectivity index (χ4n) is 2.95. The van der Waals surface area contributed by atoms with Gasteiger partial charge in [-0.25, -0.2) is 4.57 Å². The van der Waals surface area contributed by atoms with Crippen LogP contribution in [0.15, 0.2) is 0 Å². The Morgan fingerprint density at radius 1 is 0.714 bits per heavy atom. The smallest absolute Gasteiger partial charge is 0.396 e. The summed E-state index contributed by atoms with van der Waals surface area (Å²) in [5.74, 6) is 2.95. The molecule has 4 N–H and O–H groups in total. The van der Waals surface area contributed by atoms with Crippen LogP contribution in [0.2, 0.25) is 0 Å². The number of unbranched alkanes of at least 4 members (excludes halogenated alkanes) is 13. The Morgan fingerprint density at radius 2 is 1.07 bits per heavy atom. The van der Waals surface area contributed by atoms with Crippen LogP contribution in [0.3, 0.4) is 0 Å². The average molecular weight is 443 g/mol. The predicted molar refractivity (Wildman–Crippen MR) is 123 cm³/mol. The van der Waals surface area contributed by atoms with Gasteiger partial charge in [0.2, 0.25) is 0 Å². The van der Waals surface area contributed by atoms with Crippen molar-refractivity contribution in [3.8, 4) is 0 Å². The molecule has 0 radical (unpaired) electrons. The number of phosphoric acid groups is 1. The van der Waals surface area contributed by atoms with Crippen LogP contribution in [0.1, 0.15) is 110 Å². The van der Waals surface area contributed by atoms with E-state index in [1.165, 1.54) is 95.6 Å². The number of aliphatic hydroxyl groups excluding tert-OH is 1. The van der Waals surface area contributed by atoms with Gasteiger partial charge in [-0.15, -0.1) is 0 Å². The zero-order valence-electron chi connectivity index (χ0n) is 18.4. The second kappa shape index (κ2) is 23.7. The van der Waals surface area contributed by atoms with Gasteiger partial charge in [0.15, 0.2) is 0 Å². The predicted octanol–water partition coefficient (Wildman–Crippen LogP) is 6.29. The molecule has 0 aromatic rings. The first-order valence-corrected chi connectivity index (χ1v) is 14.0. The van der Waals surface area contributed by atoms with Crippen molar-refractivity contribution in [3.63, 3.8) is 0 Å². The van der Waals surface area contributed by atoms with Crippen molar-refractivity contribution >= 4 is 19.6 Å². The SMILES string of the molecule is CCCCCCCCCCCCCCCCSCC(CC)CO.O=P(O)(O)O. The first-order chi connectivity index (χ1) is 13.3. The van der Waals surface area contributed by atoms with E-state index in [0.29, 0.717) is 12.5 Å². The van der Waals surface area contributed by atoms with E-state index in [-0.39, 0.29) is 0 Å². The number of hydrogen-bond acceptors (Lipinski definition) is 3. The summed E-state index contributed by atoms with van der Waals surface area (Å²) in [4.78, 5) is 21.6. The van der Waals surface area contributed by atoms with E-state index in [4.69, 9.17) is 24.4 Å². The zero-order valence-corrected chi connectivity index (χ0v) is 20.1. The molecule has 0 aromatic heterocycles. The highest BCUT2D eigenvalue weighted by Crippen LogP contribution is 2.25. The monoisotopic (exact) mass is 442 g/mol. The largest absolute Gasteiger partial charge is 0.466 e. The van der Waals surface area contributed by atoms with Crippen LogP contribution < -0.4 is 0 Å². The van der Waals surface area contributed by atoms with Gasteiger partial charge < -0.3 is 19.8 Å². The highest BCUT2D eigenvalue weighted by molar-refractivity contribution is 7.99. The van der Waals surface area contributed by atoms with Crippen LogP contribution in [-0.2, 0) is 4.57 Å². The molecule has 0 amide bonds. The van der Waals surface area contributed by atoms with Crippen molar-refractivity contribution in [2.45, 2.75) is 110 Å². The first kappa shape index (κ1) is 30.6. The molecule has 0 rings (SSSR count). The normalized spacial score (nSPS) is 12.5. The van der Waals surface area contributed by atoms with Crippen LogP contribution in [0, 0.1) is 5.92 Å². The molecular formula is C21H47O5PS. The molecule has 172 valence electrons. The van der Waals surface area contributed by atoms with Crippen LogP contribution in [0.25, 0.3) is 0 Å².